The third-order valence-corrected chi connectivity index (χ3v) is 4.51. The molecule has 0 aromatic heterocycles. The SMILES string of the molecule is CCOC(=O)c1ccccc1NS(=O)(=O)c1cc(C(=O)O)ccc1F. The number of anilines is 1. The molecule has 0 atom stereocenters. The first-order valence-corrected chi connectivity index (χ1v) is 8.56. The van der Waals surface area contributed by atoms with Gasteiger partial charge in [-0.25, -0.2) is 22.4 Å². The van der Waals surface area contributed by atoms with E-state index in [9.17, 15) is 22.4 Å². The molecule has 0 heterocycles. The molecule has 7 nitrogen and oxygen atoms in total. The quantitative estimate of drug-likeness (QED) is 0.759. The van der Waals surface area contributed by atoms with E-state index in [1.165, 1.54) is 24.3 Å². The van der Waals surface area contributed by atoms with Crippen LogP contribution in [0.15, 0.2) is 47.4 Å². The van der Waals surface area contributed by atoms with Crippen LogP contribution < -0.4 is 4.72 Å². The van der Waals surface area contributed by atoms with E-state index in [0.29, 0.717) is 6.07 Å². The molecule has 2 N–H and O–H groups in total. The minimum Gasteiger partial charge on any atom is -0.478 e. The lowest BCUT2D eigenvalue weighted by Gasteiger charge is -2.12. The first kappa shape index (κ1) is 18.4. The van der Waals surface area contributed by atoms with Crippen LogP contribution in [0.5, 0.6) is 0 Å². The van der Waals surface area contributed by atoms with Gasteiger partial charge < -0.3 is 9.84 Å². The summed E-state index contributed by atoms with van der Waals surface area (Å²) in [5.41, 5.74) is -0.552. The summed E-state index contributed by atoms with van der Waals surface area (Å²) in [5.74, 6) is -3.27. The molecule has 9 heteroatoms. The number of esters is 1. The number of carboxylic acids is 1. The lowest BCUT2D eigenvalue weighted by atomic mass is 10.2. The van der Waals surface area contributed by atoms with Gasteiger partial charge in [0.25, 0.3) is 10.0 Å². The number of rotatable bonds is 6. The third kappa shape index (κ3) is 4.13. The highest BCUT2D eigenvalue weighted by Crippen LogP contribution is 2.23. The molecule has 25 heavy (non-hydrogen) atoms. The lowest BCUT2D eigenvalue weighted by Crippen LogP contribution is -2.18. The van der Waals surface area contributed by atoms with Crippen LogP contribution in [-0.2, 0) is 14.8 Å². The van der Waals surface area contributed by atoms with Crippen LogP contribution in [0.1, 0.15) is 27.6 Å². The van der Waals surface area contributed by atoms with Gasteiger partial charge >= 0.3 is 11.9 Å². The van der Waals surface area contributed by atoms with Gasteiger partial charge in [0.15, 0.2) is 0 Å². The van der Waals surface area contributed by atoms with Crippen LogP contribution in [0, 0.1) is 5.82 Å². The summed E-state index contributed by atoms with van der Waals surface area (Å²) in [6.07, 6.45) is 0. The average molecular weight is 367 g/mol. The van der Waals surface area contributed by atoms with Gasteiger partial charge in [-0.2, -0.15) is 0 Å². The summed E-state index contributed by atoms with van der Waals surface area (Å²) in [4.78, 5) is 22.0. The molecule has 0 radical (unpaired) electrons. The predicted molar refractivity (Wildman–Crippen MR) is 86.6 cm³/mol. The van der Waals surface area contributed by atoms with Gasteiger partial charge in [0.2, 0.25) is 0 Å². The fourth-order valence-corrected chi connectivity index (χ4v) is 3.19. The van der Waals surface area contributed by atoms with Crippen molar-refractivity contribution < 1.29 is 32.2 Å². The second-order valence-electron chi connectivity index (χ2n) is 4.82. The molecule has 2 aromatic carbocycles. The van der Waals surface area contributed by atoms with E-state index in [4.69, 9.17) is 9.84 Å². The number of halogens is 1. The highest BCUT2D eigenvalue weighted by molar-refractivity contribution is 7.92. The van der Waals surface area contributed by atoms with Crippen molar-refractivity contribution in [2.24, 2.45) is 0 Å². The van der Waals surface area contributed by atoms with Crippen molar-refractivity contribution in [2.45, 2.75) is 11.8 Å². The zero-order valence-electron chi connectivity index (χ0n) is 13.0. The second-order valence-corrected chi connectivity index (χ2v) is 6.47. The summed E-state index contributed by atoms with van der Waals surface area (Å²) in [5, 5.41) is 8.93. The van der Waals surface area contributed by atoms with Gasteiger partial charge in [-0.05, 0) is 37.3 Å². The fourth-order valence-electron chi connectivity index (χ4n) is 2.00. The topological polar surface area (TPSA) is 110 Å². The molecule has 0 aliphatic carbocycles. The van der Waals surface area contributed by atoms with E-state index < -0.39 is 32.7 Å². The maximum absolute atomic E-state index is 13.9. The van der Waals surface area contributed by atoms with Gasteiger partial charge in [0.05, 0.1) is 23.4 Å². The molecule has 0 bridgehead atoms. The molecule has 2 aromatic rings. The Morgan fingerprint density at radius 3 is 2.52 bits per heavy atom. The van der Waals surface area contributed by atoms with Crippen molar-refractivity contribution in [3.8, 4) is 0 Å². The van der Waals surface area contributed by atoms with Crippen molar-refractivity contribution in [3.63, 3.8) is 0 Å². The summed E-state index contributed by atoms with van der Waals surface area (Å²) in [7, 11) is -4.47. The number of ether oxygens (including phenoxy) is 1. The van der Waals surface area contributed by atoms with E-state index in [-0.39, 0.29) is 23.4 Å². The zero-order chi connectivity index (χ0) is 18.6. The molecule has 0 aliphatic heterocycles. The van der Waals surface area contributed by atoms with Crippen LogP contribution in [0.2, 0.25) is 0 Å². The van der Waals surface area contributed by atoms with Crippen LogP contribution >= 0.6 is 0 Å². The van der Waals surface area contributed by atoms with Gasteiger partial charge in [0, 0.05) is 0 Å². The Labute approximate surface area is 143 Å². The smallest absolute Gasteiger partial charge is 0.340 e. The Hall–Kier alpha value is -2.94. The Morgan fingerprint density at radius 2 is 1.88 bits per heavy atom. The highest BCUT2D eigenvalue weighted by atomic mass is 32.2. The van der Waals surface area contributed by atoms with E-state index in [1.807, 2.05) is 0 Å². The standard InChI is InChI=1S/C16H14FNO6S/c1-2-24-16(21)11-5-3-4-6-13(11)18-25(22,23)14-9-10(15(19)20)7-8-12(14)17/h3-9,18H,2H2,1H3,(H,19,20). The minimum absolute atomic E-state index is 0.0530. The van der Waals surface area contributed by atoms with Crippen molar-refractivity contribution in [2.75, 3.05) is 11.3 Å². The molecule has 0 spiro atoms. The molecule has 0 amide bonds. The van der Waals surface area contributed by atoms with Crippen LogP contribution in [-0.4, -0.2) is 32.1 Å². The molecule has 0 fully saturated rings. The Bertz CT molecular complexity index is 926. The Balaban J connectivity index is 2.46. The molecular formula is C16H14FNO6S. The van der Waals surface area contributed by atoms with Crippen LogP contribution in [0.25, 0.3) is 0 Å². The minimum atomic E-state index is -4.47. The highest BCUT2D eigenvalue weighted by Gasteiger charge is 2.23. The zero-order valence-corrected chi connectivity index (χ0v) is 13.8. The van der Waals surface area contributed by atoms with Crippen LogP contribution in [0.3, 0.4) is 0 Å². The number of hydrogen-bond donors (Lipinski definition) is 2. The molecule has 132 valence electrons. The number of benzene rings is 2. The lowest BCUT2D eigenvalue weighted by molar-refractivity contribution is 0.0527. The second kappa shape index (κ2) is 7.31. The summed E-state index contributed by atoms with van der Waals surface area (Å²) < 4.78 is 45.7. The molecule has 0 aliphatic rings. The van der Waals surface area contributed by atoms with Crippen molar-refractivity contribution in [1.29, 1.82) is 0 Å². The number of nitrogens with one attached hydrogen (secondary N) is 1. The van der Waals surface area contributed by atoms with Gasteiger partial charge in [-0.1, -0.05) is 12.1 Å². The number of carbonyl (C=O) groups is 2. The normalized spacial score (nSPS) is 11.0. The monoisotopic (exact) mass is 367 g/mol. The maximum Gasteiger partial charge on any atom is 0.340 e. The number of carboxylic acid groups (broad SMARTS) is 1. The van der Waals surface area contributed by atoms with Gasteiger partial charge in [0.1, 0.15) is 10.7 Å². The number of sulfonamides is 1. The van der Waals surface area contributed by atoms with Gasteiger partial charge in [-0.15, -0.1) is 0 Å². The Kier molecular flexibility index (Phi) is 5.38. The number of hydrogen-bond acceptors (Lipinski definition) is 5. The van der Waals surface area contributed by atoms with Crippen molar-refractivity contribution in [1.82, 2.24) is 0 Å². The largest absolute Gasteiger partial charge is 0.478 e. The van der Waals surface area contributed by atoms with E-state index in [2.05, 4.69) is 4.72 Å². The molecule has 0 saturated carbocycles. The predicted octanol–water partition coefficient (Wildman–Crippen LogP) is 2.50. The first-order valence-electron chi connectivity index (χ1n) is 7.08. The first-order chi connectivity index (χ1) is 11.8. The number of para-hydroxylation sites is 1. The van der Waals surface area contributed by atoms with E-state index in [1.54, 1.807) is 6.92 Å². The summed E-state index contributed by atoms with van der Waals surface area (Å²) in [6.45, 7) is 1.69. The summed E-state index contributed by atoms with van der Waals surface area (Å²) in [6, 6.07) is 8.04. The number of aromatic carboxylic acids is 1. The van der Waals surface area contributed by atoms with E-state index >= 15 is 0 Å². The average Bonchev–Trinajstić information content (AvgIpc) is 2.55. The molecule has 0 saturated heterocycles. The van der Waals surface area contributed by atoms with Gasteiger partial charge in [-0.3, -0.25) is 4.72 Å². The van der Waals surface area contributed by atoms with E-state index in [0.717, 1.165) is 12.1 Å². The van der Waals surface area contributed by atoms with Crippen molar-refractivity contribution >= 4 is 27.6 Å². The fraction of sp³-hybridized carbons (Fsp3) is 0.125. The molecule has 0 unspecified atom stereocenters. The summed E-state index contributed by atoms with van der Waals surface area (Å²) >= 11 is 0. The maximum atomic E-state index is 13.9. The third-order valence-electron chi connectivity index (χ3n) is 3.13. The number of carbonyl (C=O) groups excluding carboxylic acids is 1. The molecule has 2 rings (SSSR count). The Morgan fingerprint density at radius 1 is 1.20 bits per heavy atom. The van der Waals surface area contributed by atoms with Crippen molar-refractivity contribution in [3.05, 3.63) is 59.4 Å². The van der Waals surface area contributed by atoms with Crippen LogP contribution in [0.4, 0.5) is 10.1 Å². The molecular weight excluding hydrogens is 353 g/mol.